The van der Waals surface area contributed by atoms with Gasteiger partial charge in [0, 0.05) is 6.42 Å². The zero-order valence-corrected chi connectivity index (χ0v) is 17.0. The molecule has 1 N–H and O–H groups in total. The maximum absolute atomic E-state index is 12.0. The fourth-order valence-electron chi connectivity index (χ4n) is 3.99. The lowest BCUT2D eigenvalue weighted by Gasteiger charge is -2.32. The smallest absolute Gasteiger partial charge is 0.320 e. The Morgan fingerprint density at radius 2 is 1.68 bits per heavy atom. The highest BCUT2D eigenvalue weighted by Gasteiger charge is 2.28. The van der Waals surface area contributed by atoms with Gasteiger partial charge in [0.05, 0.1) is 12.5 Å². The summed E-state index contributed by atoms with van der Waals surface area (Å²) in [6.07, 6.45) is 2.97. The van der Waals surface area contributed by atoms with Crippen molar-refractivity contribution in [1.82, 2.24) is 10.2 Å². The van der Waals surface area contributed by atoms with Gasteiger partial charge in [-0.1, -0.05) is 24.3 Å². The molecule has 2 aliphatic heterocycles. The fourth-order valence-corrected chi connectivity index (χ4v) is 3.99. The second-order valence-corrected chi connectivity index (χ2v) is 8.81. The van der Waals surface area contributed by atoms with Gasteiger partial charge in [0.1, 0.15) is 5.60 Å². The molecule has 1 aromatic carbocycles. The predicted octanol–water partition coefficient (Wildman–Crippen LogP) is 2.73. The molecule has 0 aromatic heterocycles. The van der Waals surface area contributed by atoms with Crippen molar-refractivity contribution in [3.05, 3.63) is 35.4 Å². The van der Waals surface area contributed by atoms with Gasteiger partial charge in [-0.25, -0.2) is 0 Å². The summed E-state index contributed by atoms with van der Waals surface area (Å²) in [5.41, 5.74) is 1.80. The zero-order chi connectivity index (χ0) is 20.3. The van der Waals surface area contributed by atoms with E-state index in [1.54, 1.807) is 0 Å². The van der Waals surface area contributed by atoms with E-state index in [0.717, 1.165) is 31.5 Å². The average Bonchev–Trinajstić information content (AvgIpc) is 2.61. The molecule has 0 saturated carbocycles. The topological polar surface area (TPSA) is 75.7 Å². The number of hydrogen-bond donors (Lipinski definition) is 1. The minimum atomic E-state index is -0.445. The number of rotatable bonds is 4. The summed E-state index contributed by atoms with van der Waals surface area (Å²) < 4.78 is 5.40. The van der Waals surface area contributed by atoms with E-state index >= 15 is 0 Å². The zero-order valence-electron chi connectivity index (χ0n) is 17.0. The molecule has 2 heterocycles. The van der Waals surface area contributed by atoms with Crippen LogP contribution in [0.4, 0.5) is 0 Å². The van der Waals surface area contributed by atoms with E-state index in [0.29, 0.717) is 25.3 Å². The lowest BCUT2D eigenvalue weighted by Crippen LogP contribution is -2.39. The van der Waals surface area contributed by atoms with Crippen LogP contribution in [-0.2, 0) is 19.1 Å². The molecule has 0 aliphatic carbocycles. The molecule has 2 aliphatic rings. The number of nitrogens with one attached hydrogen (secondary N) is 1. The minimum absolute atomic E-state index is 0.167. The number of likely N-dealkylation sites (tertiary alicyclic amines) is 1. The van der Waals surface area contributed by atoms with Crippen LogP contribution < -0.4 is 5.32 Å². The Balaban J connectivity index is 1.51. The van der Waals surface area contributed by atoms with Gasteiger partial charge >= 0.3 is 5.97 Å². The molecule has 152 valence electrons. The number of esters is 1. The van der Waals surface area contributed by atoms with E-state index in [4.69, 9.17) is 4.74 Å². The summed E-state index contributed by atoms with van der Waals surface area (Å²) in [4.78, 5) is 37.5. The lowest BCUT2D eigenvalue weighted by molar-refractivity contribution is -0.156. The summed E-state index contributed by atoms with van der Waals surface area (Å²) in [5.74, 6) is -0.317. The van der Waals surface area contributed by atoms with Gasteiger partial charge in [0.15, 0.2) is 0 Å². The van der Waals surface area contributed by atoms with Crippen molar-refractivity contribution >= 4 is 17.8 Å². The van der Waals surface area contributed by atoms with Gasteiger partial charge in [0.2, 0.25) is 11.8 Å². The highest BCUT2D eigenvalue weighted by molar-refractivity contribution is 6.00. The highest BCUT2D eigenvalue weighted by atomic mass is 16.6. The minimum Gasteiger partial charge on any atom is -0.459 e. The molecule has 2 fully saturated rings. The first-order chi connectivity index (χ1) is 13.2. The van der Waals surface area contributed by atoms with Crippen LogP contribution in [0.3, 0.4) is 0 Å². The number of ether oxygens (including phenoxy) is 1. The van der Waals surface area contributed by atoms with E-state index < -0.39 is 5.60 Å². The Kier molecular flexibility index (Phi) is 6.18. The van der Waals surface area contributed by atoms with E-state index in [2.05, 4.69) is 22.3 Å². The van der Waals surface area contributed by atoms with Crippen molar-refractivity contribution in [3.8, 4) is 0 Å². The largest absolute Gasteiger partial charge is 0.459 e. The third-order valence-corrected chi connectivity index (χ3v) is 5.41. The first kappa shape index (κ1) is 20.5. The molecule has 0 spiro atoms. The van der Waals surface area contributed by atoms with Crippen LogP contribution in [0.1, 0.15) is 69.4 Å². The Labute approximate surface area is 166 Å². The highest BCUT2D eigenvalue weighted by Crippen LogP contribution is 2.31. The third-order valence-electron chi connectivity index (χ3n) is 5.41. The van der Waals surface area contributed by atoms with Gasteiger partial charge in [-0.05, 0) is 70.2 Å². The van der Waals surface area contributed by atoms with Crippen molar-refractivity contribution in [1.29, 1.82) is 0 Å². The molecule has 1 atom stereocenters. The average molecular weight is 386 g/mol. The van der Waals surface area contributed by atoms with E-state index in [1.807, 2.05) is 32.9 Å². The number of piperidine rings is 2. The summed E-state index contributed by atoms with van der Waals surface area (Å²) in [6, 6.07) is 8.24. The number of carbonyl (C=O) groups excluding carboxylic acids is 3. The van der Waals surface area contributed by atoms with Crippen LogP contribution >= 0.6 is 0 Å². The van der Waals surface area contributed by atoms with Crippen LogP contribution in [0.25, 0.3) is 0 Å². The molecule has 0 bridgehead atoms. The number of imide groups is 1. The van der Waals surface area contributed by atoms with Crippen molar-refractivity contribution < 1.29 is 19.1 Å². The van der Waals surface area contributed by atoms with Gasteiger partial charge < -0.3 is 4.74 Å². The second kappa shape index (κ2) is 8.43. The molecular formula is C22H30N2O4. The van der Waals surface area contributed by atoms with Crippen molar-refractivity contribution in [2.75, 3.05) is 19.6 Å². The van der Waals surface area contributed by atoms with Gasteiger partial charge in [-0.15, -0.1) is 0 Å². The standard InChI is InChI=1S/C22H30N2O4/c1-22(2,3)28-20(26)14-24-12-10-16(11-13-24)15-4-6-17(7-5-15)18-8-9-19(25)23-21(18)27/h4-7,16,18H,8-14H2,1-3H3,(H,23,25,27). The molecule has 0 radical (unpaired) electrons. The molecule has 28 heavy (non-hydrogen) atoms. The van der Waals surface area contributed by atoms with E-state index in [1.165, 1.54) is 5.56 Å². The van der Waals surface area contributed by atoms with Gasteiger partial charge in [-0.3, -0.25) is 24.6 Å². The third kappa shape index (κ3) is 5.41. The van der Waals surface area contributed by atoms with Crippen LogP contribution in [0, 0.1) is 0 Å². The van der Waals surface area contributed by atoms with Crippen LogP contribution in [0.5, 0.6) is 0 Å². The lowest BCUT2D eigenvalue weighted by atomic mass is 9.86. The van der Waals surface area contributed by atoms with Gasteiger partial charge in [0.25, 0.3) is 0 Å². The monoisotopic (exact) mass is 386 g/mol. The van der Waals surface area contributed by atoms with Gasteiger partial charge in [-0.2, -0.15) is 0 Å². The van der Waals surface area contributed by atoms with E-state index in [9.17, 15) is 14.4 Å². The molecule has 3 rings (SSSR count). The number of nitrogens with zero attached hydrogens (tertiary/aromatic N) is 1. The molecule has 6 nitrogen and oxygen atoms in total. The van der Waals surface area contributed by atoms with E-state index in [-0.39, 0.29) is 23.7 Å². The maximum Gasteiger partial charge on any atom is 0.320 e. The SMILES string of the molecule is CC(C)(C)OC(=O)CN1CCC(c2ccc(C3CCC(=O)NC3=O)cc2)CC1. The summed E-state index contributed by atoms with van der Waals surface area (Å²) in [7, 11) is 0. The quantitative estimate of drug-likeness (QED) is 0.636. The molecular weight excluding hydrogens is 356 g/mol. The Hall–Kier alpha value is -2.21. The first-order valence-electron chi connectivity index (χ1n) is 10.1. The summed E-state index contributed by atoms with van der Waals surface area (Å²) in [5, 5.41) is 2.42. The number of carbonyl (C=O) groups is 3. The summed E-state index contributed by atoms with van der Waals surface area (Å²) >= 11 is 0. The number of benzene rings is 1. The summed E-state index contributed by atoms with van der Waals surface area (Å²) in [6.45, 7) is 7.75. The van der Waals surface area contributed by atoms with Crippen LogP contribution in [0.15, 0.2) is 24.3 Å². The van der Waals surface area contributed by atoms with Crippen molar-refractivity contribution in [2.24, 2.45) is 0 Å². The fraction of sp³-hybridized carbons (Fsp3) is 0.591. The Bertz CT molecular complexity index is 728. The Morgan fingerprint density at radius 3 is 2.25 bits per heavy atom. The molecule has 1 aromatic rings. The Morgan fingerprint density at radius 1 is 1.07 bits per heavy atom. The van der Waals surface area contributed by atoms with Crippen LogP contribution in [0.2, 0.25) is 0 Å². The number of amides is 2. The first-order valence-corrected chi connectivity index (χ1v) is 10.1. The maximum atomic E-state index is 12.0. The van der Waals surface area contributed by atoms with Crippen LogP contribution in [-0.4, -0.2) is 47.9 Å². The molecule has 2 amide bonds. The molecule has 2 saturated heterocycles. The molecule has 6 heteroatoms. The molecule has 1 unspecified atom stereocenters. The van der Waals surface area contributed by atoms with Crippen molar-refractivity contribution in [3.63, 3.8) is 0 Å². The second-order valence-electron chi connectivity index (χ2n) is 8.81. The van der Waals surface area contributed by atoms with Crippen molar-refractivity contribution in [2.45, 2.75) is 63.9 Å². The normalized spacial score (nSPS) is 22.0. The predicted molar refractivity (Wildman–Crippen MR) is 106 cm³/mol. The number of hydrogen-bond acceptors (Lipinski definition) is 5.